The number of esters is 1. The minimum Gasteiger partial charge on any atom is -0.490 e. The lowest BCUT2D eigenvalue weighted by Crippen LogP contribution is -2.39. The number of Topliss-reactive ketones (excluding diaryl/α,β-unsaturated/α-hetero) is 1. The van der Waals surface area contributed by atoms with Gasteiger partial charge in [0.2, 0.25) is 0 Å². The van der Waals surface area contributed by atoms with Crippen LogP contribution >= 0.6 is 0 Å². The molecule has 2 aromatic carbocycles. The van der Waals surface area contributed by atoms with E-state index in [0.717, 1.165) is 22.6 Å². The first kappa shape index (κ1) is 23.7. The van der Waals surface area contributed by atoms with Crippen molar-refractivity contribution in [3.8, 4) is 11.5 Å². The number of carbonyl (C=O) groups is 2. The number of hydrogen-bond donors (Lipinski definition) is 2. The molecular formula is C27H32N2O5. The normalized spacial score (nSPS) is 21.6. The second-order valence-electron chi connectivity index (χ2n) is 8.99. The largest absolute Gasteiger partial charge is 0.490 e. The van der Waals surface area contributed by atoms with Crippen LogP contribution in [0.25, 0.3) is 0 Å². The van der Waals surface area contributed by atoms with Crippen LogP contribution in [0, 0.1) is 11.8 Å². The molecule has 1 aliphatic carbocycles. The van der Waals surface area contributed by atoms with Gasteiger partial charge in [-0.05, 0) is 62.9 Å². The van der Waals surface area contributed by atoms with E-state index in [1.54, 1.807) is 0 Å². The Kier molecular flexibility index (Phi) is 6.82. The molecule has 0 spiro atoms. The number of rotatable bonds is 6. The van der Waals surface area contributed by atoms with Crippen molar-refractivity contribution >= 4 is 23.1 Å². The first-order chi connectivity index (χ1) is 16.3. The van der Waals surface area contributed by atoms with Crippen molar-refractivity contribution in [2.45, 2.75) is 46.3 Å². The van der Waals surface area contributed by atoms with Gasteiger partial charge in [-0.2, -0.15) is 0 Å². The number of anilines is 2. The minimum absolute atomic E-state index is 0.00586. The van der Waals surface area contributed by atoms with Gasteiger partial charge in [-0.3, -0.25) is 9.59 Å². The zero-order valence-electron chi connectivity index (χ0n) is 20.3. The van der Waals surface area contributed by atoms with Crippen molar-refractivity contribution in [2.24, 2.45) is 11.8 Å². The SMILES string of the molecule is CCOc1cc([C@H]2Nc3ccccc3NC3=C2C(=O)[C@@H](C(=O)OC)[C@H](C)C3)ccc1OC(C)C. The molecule has 0 fully saturated rings. The highest BCUT2D eigenvalue weighted by molar-refractivity contribution is 6.11. The van der Waals surface area contributed by atoms with E-state index < -0.39 is 17.9 Å². The van der Waals surface area contributed by atoms with Crippen molar-refractivity contribution < 1.29 is 23.8 Å². The van der Waals surface area contributed by atoms with Gasteiger partial charge in [-0.1, -0.05) is 25.1 Å². The zero-order valence-corrected chi connectivity index (χ0v) is 20.3. The second kappa shape index (κ2) is 9.79. The van der Waals surface area contributed by atoms with Crippen LogP contribution in [0.5, 0.6) is 11.5 Å². The number of carbonyl (C=O) groups excluding carboxylic acids is 2. The molecule has 180 valence electrons. The van der Waals surface area contributed by atoms with Crippen molar-refractivity contribution in [2.75, 3.05) is 24.4 Å². The van der Waals surface area contributed by atoms with Crippen LogP contribution in [0.4, 0.5) is 11.4 Å². The molecule has 7 heteroatoms. The van der Waals surface area contributed by atoms with E-state index in [0.29, 0.717) is 30.1 Å². The molecule has 0 aromatic heterocycles. The quantitative estimate of drug-likeness (QED) is 0.454. The molecule has 0 bridgehead atoms. The van der Waals surface area contributed by atoms with E-state index in [-0.39, 0.29) is 17.8 Å². The maximum absolute atomic E-state index is 13.8. The van der Waals surface area contributed by atoms with E-state index in [4.69, 9.17) is 14.2 Å². The fourth-order valence-corrected chi connectivity index (χ4v) is 4.71. The lowest BCUT2D eigenvalue weighted by atomic mass is 9.75. The van der Waals surface area contributed by atoms with E-state index in [2.05, 4.69) is 10.6 Å². The third-order valence-corrected chi connectivity index (χ3v) is 6.19. The van der Waals surface area contributed by atoms with Gasteiger partial charge in [-0.25, -0.2) is 0 Å². The molecule has 3 atom stereocenters. The van der Waals surface area contributed by atoms with Gasteiger partial charge in [0.05, 0.1) is 37.2 Å². The number of hydrogen-bond acceptors (Lipinski definition) is 7. The molecule has 0 saturated carbocycles. The van der Waals surface area contributed by atoms with Gasteiger partial charge in [-0.15, -0.1) is 0 Å². The Morgan fingerprint density at radius 2 is 1.85 bits per heavy atom. The Balaban J connectivity index is 1.85. The second-order valence-corrected chi connectivity index (χ2v) is 8.99. The third kappa shape index (κ3) is 4.47. The van der Waals surface area contributed by atoms with E-state index in [1.807, 2.05) is 70.2 Å². The van der Waals surface area contributed by atoms with Crippen LogP contribution in [0.2, 0.25) is 0 Å². The first-order valence-electron chi connectivity index (χ1n) is 11.7. The number of para-hydroxylation sites is 2. The molecule has 0 saturated heterocycles. The van der Waals surface area contributed by atoms with Gasteiger partial charge in [0.1, 0.15) is 5.92 Å². The summed E-state index contributed by atoms with van der Waals surface area (Å²) in [7, 11) is 1.32. The van der Waals surface area contributed by atoms with Gasteiger partial charge >= 0.3 is 5.97 Å². The van der Waals surface area contributed by atoms with E-state index in [1.165, 1.54) is 7.11 Å². The summed E-state index contributed by atoms with van der Waals surface area (Å²) in [5.41, 5.74) is 3.97. The standard InChI is InChI=1S/C27H32N2O5/c1-6-33-22-14-17(11-12-21(22)34-15(2)3)25-24-20(28-18-9-7-8-10-19(18)29-25)13-16(4)23(26(24)30)27(31)32-5/h7-12,14-16,23,25,28-29H,6,13H2,1-5H3/t16-,23+,25-/m1/s1. The Labute approximate surface area is 200 Å². The Morgan fingerprint density at radius 3 is 2.53 bits per heavy atom. The highest BCUT2D eigenvalue weighted by Gasteiger charge is 2.44. The van der Waals surface area contributed by atoms with Gasteiger partial charge in [0.25, 0.3) is 0 Å². The van der Waals surface area contributed by atoms with Crippen molar-refractivity contribution in [3.63, 3.8) is 0 Å². The summed E-state index contributed by atoms with van der Waals surface area (Å²) >= 11 is 0. The minimum atomic E-state index is -0.842. The monoisotopic (exact) mass is 464 g/mol. The summed E-state index contributed by atoms with van der Waals surface area (Å²) in [5, 5.41) is 7.00. The summed E-state index contributed by atoms with van der Waals surface area (Å²) in [6, 6.07) is 13.1. The molecule has 4 rings (SSSR count). The van der Waals surface area contributed by atoms with Crippen LogP contribution in [0.1, 0.15) is 45.7 Å². The molecule has 0 amide bonds. The maximum Gasteiger partial charge on any atom is 0.316 e. The highest BCUT2D eigenvalue weighted by atomic mass is 16.5. The summed E-state index contributed by atoms with van der Waals surface area (Å²) in [4.78, 5) is 26.3. The molecular weight excluding hydrogens is 432 g/mol. The molecule has 2 aliphatic rings. The van der Waals surface area contributed by atoms with Crippen LogP contribution in [0.15, 0.2) is 53.7 Å². The molecule has 0 radical (unpaired) electrons. The molecule has 2 N–H and O–H groups in total. The lowest BCUT2D eigenvalue weighted by molar-refractivity contribution is -0.151. The molecule has 2 aromatic rings. The van der Waals surface area contributed by atoms with Crippen LogP contribution < -0.4 is 20.1 Å². The Morgan fingerprint density at radius 1 is 1.12 bits per heavy atom. The Bertz CT molecular complexity index is 1120. The summed E-state index contributed by atoms with van der Waals surface area (Å²) in [6.07, 6.45) is 0.550. The maximum atomic E-state index is 13.8. The predicted molar refractivity (Wildman–Crippen MR) is 131 cm³/mol. The first-order valence-corrected chi connectivity index (χ1v) is 11.7. The summed E-state index contributed by atoms with van der Waals surface area (Å²) in [5.74, 6) is -0.481. The molecule has 1 aliphatic heterocycles. The molecule has 1 heterocycles. The number of methoxy groups -OCH3 is 1. The number of ether oxygens (including phenoxy) is 3. The van der Waals surface area contributed by atoms with Crippen LogP contribution in [0.3, 0.4) is 0 Å². The molecule has 7 nitrogen and oxygen atoms in total. The van der Waals surface area contributed by atoms with Gasteiger partial charge < -0.3 is 24.8 Å². The number of allylic oxidation sites excluding steroid dienone is 1. The topological polar surface area (TPSA) is 85.9 Å². The third-order valence-electron chi connectivity index (χ3n) is 6.19. The Hall–Kier alpha value is -3.48. The molecule has 0 unspecified atom stereocenters. The van der Waals surface area contributed by atoms with Crippen molar-refractivity contribution in [1.82, 2.24) is 0 Å². The fraction of sp³-hybridized carbons (Fsp3) is 0.407. The van der Waals surface area contributed by atoms with Gasteiger partial charge in [0.15, 0.2) is 17.3 Å². The molecule has 34 heavy (non-hydrogen) atoms. The average Bonchev–Trinajstić information content (AvgIpc) is 2.96. The smallest absolute Gasteiger partial charge is 0.316 e. The number of nitrogens with one attached hydrogen (secondary N) is 2. The van der Waals surface area contributed by atoms with Crippen molar-refractivity contribution in [3.05, 3.63) is 59.3 Å². The summed E-state index contributed by atoms with van der Waals surface area (Å²) < 4.78 is 16.8. The number of ketones is 1. The zero-order chi connectivity index (χ0) is 24.4. The van der Waals surface area contributed by atoms with E-state index in [9.17, 15) is 9.59 Å². The number of fused-ring (bicyclic) bond motifs is 1. The van der Waals surface area contributed by atoms with Crippen molar-refractivity contribution in [1.29, 1.82) is 0 Å². The van der Waals surface area contributed by atoms with E-state index >= 15 is 0 Å². The number of benzene rings is 2. The highest BCUT2D eigenvalue weighted by Crippen LogP contribution is 2.45. The fourth-order valence-electron chi connectivity index (χ4n) is 4.71. The van der Waals surface area contributed by atoms with Crippen LogP contribution in [-0.4, -0.2) is 31.6 Å². The van der Waals surface area contributed by atoms with Gasteiger partial charge in [0, 0.05) is 11.3 Å². The lowest BCUT2D eigenvalue weighted by Gasteiger charge is -2.32. The predicted octanol–water partition coefficient (Wildman–Crippen LogP) is 5.10. The average molecular weight is 465 g/mol. The summed E-state index contributed by atoms with van der Waals surface area (Å²) in [6.45, 7) is 8.24. The van der Waals surface area contributed by atoms with Crippen LogP contribution in [-0.2, 0) is 14.3 Å².